The minimum absolute atomic E-state index is 0.0223. The zero-order valence-corrected chi connectivity index (χ0v) is 18.3. The van der Waals surface area contributed by atoms with Crippen molar-refractivity contribution in [2.45, 2.75) is 33.0 Å². The van der Waals surface area contributed by atoms with Gasteiger partial charge in [0.2, 0.25) is 0 Å². The molecular formula is C22H24ClN5O3. The van der Waals surface area contributed by atoms with E-state index in [9.17, 15) is 4.79 Å². The van der Waals surface area contributed by atoms with Crippen LogP contribution in [0.3, 0.4) is 0 Å². The fourth-order valence-electron chi connectivity index (χ4n) is 4.11. The van der Waals surface area contributed by atoms with Crippen LogP contribution < -0.4 is 10.1 Å². The number of halogens is 1. The Bertz CT molecular complexity index is 1160. The number of carbonyl (C=O) groups is 1. The Balaban J connectivity index is 1.36. The molecule has 0 aliphatic carbocycles. The average molecular weight is 442 g/mol. The molecule has 1 atom stereocenters. The summed E-state index contributed by atoms with van der Waals surface area (Å²) in [6.07, 6.45) is -0.0223. The second kappa shape index (κ2) is 8.11. The molecule has 0 radical (unpaired) electrons. The van der Waals surface area contributed by atoms with Crippen LogP contribution in [-0.4, -0.2) is 57.8 Å². The number of para-hydroxylation sites is 1. The molecule has 31 heavy (non-hydrogen) atoms. The van der Waals surface area contributed by atoms with Gasteiger partial charge in [-0.05, 0) is 26.0 Å². The van der Waals surface area contributed by atoms with Crippen LogP contribution in [0.5, 0.6) is 5.75 Å². The fraction of sp³-hybridized carbons (Fsp3) is 0.409. The summed E-state index contributed by atoms with van der Waals surface area (Å²) in [5.74, 6) is 0.480. The first-order valence-corrected chi connectivity index (χ1v) is 10.8. The van der Waals surface area contributed by atoms with Crippen molar-refractivity contribution in [3.05, 3.63) is 57.5 Å². The lowest BCUT2D eigenvalue weighted by atomic mass is 10.1. The summed E-state index contributed by atoms with van der Waals surface area (Å²) in [6.45, 7) is 7.35. The summed E-state index contributed by atoms with van der Waals surface area (Å²) in [5.41, 5.74) is 4.74. The number of morpholine rings is 1. The molecule has 2 aliphatic rings. The van der Waals surface area contributed by atoms with Gasteiger partial charge in [0.15, 0.2) is 5.65 Å². The third-order valence-corrected chi connectivity index (χ3v) is 6.34. The molecule has 1 aromatic carbocycles. The second-order valence-corrected chi connectivity index (χ2v) is 8.30. The van der Waals surface area contributed by atoms with E-state index in [0.717, 1.165) is 41.4 Å². The normalized spacial score (nSPS) is 18.4. The Morgan fingerprint density at radius 3 is 2.97 bits per heavy atom. The van der Waals surface area contributed by atoms with Gasteiger partial charge in [0.1, 0.15) is 18.5 Å². The number of hydrogen-bond acceptors (Lipinski definition) is 6. The largest absolute Gasteiger partial charge is 0.490 e. The lowest BCUT2D eigenvalue weighted by molar-refractivity contribution is -0.0000645. The molecule has 1 unspecified atom stereocenters. The summed E-state index contributed by atoms with van der Waals surface area (Å²) >= 11 is 6.33. The molecule has 2 aromatic heterocycles. The second-order valence-electron chi connectivity index (χ2n) is 7.92. The summed E-state index contributed by atoms with van der Waals surface area (Å²) in [7, 11) is 0. The minimum Gasteiger partial charge on any atom is -0.490 e. The number of benzene rings is 1. The Kier molecular flexibility index (Phi) is 5.29. The third kappa shape index (κ3) is 3.64. The number of hydrogen-bond donors (Lipinski definition) is 1. The highest BCUT2D eigenvalue weighted by atomic mass is 35.5. The topological polar surface area (TPSA) is 81.0 Å². The lowest BCUT2D eigenvalue weighted by Gasteiger charge is -2.24. The van der Waals surface area contributed by atoms with Gasteiger partial charge in [0, 0.05) is 18.7 Å². The predicted molar refractivity (Wildman–Crippen MR) is 116 cm³/mol. The first-order chi connectivity index (χ1) is 15.0. The van der Waals surface area contributed by atoms with Crippen LogP contribution in [0, 0.1) is 13.8 Å². The van der Waals surface area contributed by atoms with Crippen molar-refractivity contribution in [3.8, 4) is 5.75 Å². The Morgan fingerprint density at radius 2 is 2.16 bits per heavy atom. The van der Waals surface area contributed by atoms with Crippen molar-refractivity contribution in [1.29, 1.82) is 0 Å². The molecule has 2 aliphatic heterocycles. The smallest absolute Gasteiger partial charge is 0.258 e. The highest BCUT2D eigenvalue weighted by molar-refractivity contribution is 6.31. The molecule has 4 heterocycles. The van der Waals surface area contributed by atoms with E-state index in [4.69, 9.17) is 21.1 Å². The maximum atomic E-state index is 13.3. The van der Waals surface area contributed by atoms with Gasteiger partial charge in [-0.15, -0.1) is 0 Å². The number of nitrogens with zero attached hydrogens (tertiary/aromatic N) is 4. The molecule has 0 spiro atoms. The number of aryl methyl sites for hydroxylation is 2. The van der Waals surface area contributed by atoms with Crippen LogP contribution in [0.4, 0.5) is 0 Å². The van der Waals surface area contributed by atoms with E-state index >= 15 is 0 Å². The zero-order valence-electron chi connectivity index (χ0n) is 17.5. The number of nitrogens with one attached hydrogen (secondary N) is 1. The molecule has 1 fully saturated rings. The van der Waals surface area contributed by atoms with Gasteiger partial charge < -0.3 is 19.7 Å². The van der Waals surface area contributed by atoms with Crippen molar-refractivity contribution in [1.82, 2.24) is 24.8 Å². The average Bonchev–Trinajstić information content (AvgIpc) is 3.36. The number of ether oxygens (including phenoxy) is 2. The van der Waals surface area contributed by atoms with Crippen molar-refractivity contribution in [3.63, 3.8) is 0 Å². The van der Waals surface area contributed by atoms with Crippen molar-refractivity contribution < 1.29 is 14.3 Å². The summed E-state index contributed by atoms with van der Waals surface area (Å²) in [6, 6.07) is 7.34. The molecular weight excluding hydrogens is 418 g/mol. The van der Waals surface area contributed by atoms with Gasteiger partial charge >= 0.3 is 0 Å². The van der Waals surface area contributed by atoms with Gasteiger partial charge in [0.25, 0.3) is 5.91 Å². The Hall–Kier alpha value is -2.68. The van der Waals surface area contributed by atoms with Crippen LogP contribution in [0.1, 0.15) is 33.0 Å². The predicted octanol–water partition coefficient (Wildman–Crippen LogP) is 2.52. The third-order valence-electron chi connectivity index (χ3n) is 5.79. The van der Waals surface area contributed by atoms with E-state index in [1.165, 1.54) is 0 Å². The quantitative estimate of drug-likeness (QED) is 0.670. The first-order valence-electron chi connectivity index (χ1n) is 10.4. The minimum atomic E-state index is -0.0863. The molecule has 8 nitrogen and oxygen atoms in total. The van der Waals surface area contributed by atoms with Gasteiger partial charge in [-0.25, -0.2) is 9.50 Å². The number of fused-ring (bicyclic) bond motifs is 3. The van der Waals surface area contributed by atoms with Gasteiger partial charge in [-0.2, -0.15) is 5.10 Å². The van der Waals surface area contributed by atoms with Crippen molar-refractivity contribution in [2.75, 3.05) is 26.3 Å². The summed E-state index contributed by atoms with van der Waals surface area (Å²) in [4.78, 5) is 19.7. The number of aromatic nitrogens is 3. The van der Waals surface area contributed by atoms with E-state index < -0.39 is 0 Å². The fourth-order valence-corrected chi connectivity index (χ4v) is 4.23. The van der Waals surface area contributed by atoms with Crippen molar-refractivity contribution >= 4 is 23.2 Å². The van der Waals surface area contributed by atoms with Crippen LogP contribution >= 0.6 is 11.6 Å². The molecule has 5 rings (SSSR count). The monoisotopic (exact) mass is 441 g/mol. The standard InChI is InChI=1S/C22H24ClN5O3/c1-13-20(23)14(2)28-21(25-13)17-10-27(11-18(17)26-28)22(29)16-5-3-4-6-19(16)31-12-15-9-24-7-8-30-15/h3-6,15,24H,7-12H2,1-2H3. The molecule has 3 aromatic rings. The summed E-state index contributed by atoms with van der Waals surface area (Å²) < 4.78 is 13.4. The first kappa shape index (κ1) is 20.2. The number of rotatable bonds is 4. The molecule has 1 saturated heterocycles. The Morgan fingerprint density at radius 1 is 1.32 bits per heavy atom. The molecule has 1 amide bonds. The molecule has 1 N–H and O–H groups in total. The maximum Gasteiger partial charge on any atom is 0.258 e. The highest BCUT2D eigenvalue weighted by Crippen LogP contribution is 2.31. The van der Waals surface area contributed by atoms with Gasteiger partial charge in [-0.1, -0.05) is 23.7 Å². The molecule has 162 valence electrons. The van der Waals surface area contributed by atoms with E-state index in [-0.39, 0.29) is 12.0 Å². The number of amides is 1. The number of carbonyl (C=O) groups excluding carboxylic acids is 1. The summed E-state index contributed by atoms with van der Waals surface area (Å²) in [5, 5.41) is 8.56. The van der Waals surface area contributed by atoms with Gasteiger partial charge in [0.05, 0.1) is 47.4 Å². The lowest BCUT2D eigenvalue weighted by Crippen LogP contribution is -2.41. The Labute approximate surface area is 185 Å². The zero-order chi connectivity index (χ0) is 21.5. The van der Waals surface area contributed by atoms with Crippen molar-refractivity contribution in [2.24, 2.45) is 0 Å². The maximum absolute atomic E-state index is 13.3. The van der Waals surface area contributed by atoms with E-state index in [0.29, 0.717) is 42.6 Å². The van der Waals surface area contributed by atoms with Crippen LogP contribution in [-0.2, 0) is 17.8 Å². The molecule has 0 saturated carbocycles. The molecule has 0 bridgehead atoms. The molecule has 9 heteroatoms. The van der Waals surface area contributed by atoms with E-state index in [1.807, 2.05) is 32.0 Å². The van der Waals surface area contributed by atoms with Crippen LogP contribution in [0.25, 0.3) is 5.65 Å². The highest BCUT2D eigenvalue weighted by Gasteiger charge is 2.31. The van der Waals surface area contributed by atoms with Crippen LogP contribution in [0.15, 0.2) is 24.3 Å². The van der Waals surface area contributed by atoms with E-state index in [1.54, 1.807) is 15.5 Å². The SMILES string of the molecule is Cc1nc2c3c(nn2c(C)c1Cl)CN(C(=O)c1ccccc1OCC1CNCCO1)C3. The van der Waals surface area contributed by atoms with Gasteiger partial charge in [-0.3, -0.25) is 4.79 Å². The van der Waals surface area contributed by atoms with E-state index in [2.05, 4.69) is 15.4 Å². The van der Waals surface area contributed by atoms with Crippen LogP contribution in [0.2, 0.25) is 5.02 Å².